The van der Waals surface area contributed by atoms with E-state index in [1.165, 1.54) is 36.9 Å². The molecule has 0 radical (unpaired) electrons. The van der Waals surface area contributed by atoms with Crippen molar-refractivity contribution in [3.63, 3.8) is 0 Å². The van der Waals surface area contributed by atoms with Crippen LogP contribution in [0.4, 0.5) is 0 Å². The Morgan fingerprint density at radius 1 is 1.12 bits per heavy atom. The molecule has 1 saturated heterocycles. The molecule has 25 heavy (non-hydrogen) atoms. The lowest BCUT2D eigenvalue weighted by Gasteiger charge is -2.34. The summed E-state index contributed by atoms with van der Waals surface area (Å²) < 4.78 is 0. The number of nitrogens with zero attached hydrogens (tertiary/aromatic N) is 1. The average Bonchev–Trinajstić information content (AvgIpc) is 2.63. The molecule has 2 aliphatic rings. The SMILES string of the molecule is CC1CCCCN1Cc1ccccc1CNC1CCC(C(=O)O)CC1. The number of carbonyl (C=O) groups is 1. The number of likely N-dealkylation sites (tertiary alicyclic amines) is 1. The van der Waals surface area contributed by atoms with E-state index < -0.39 is 5.97 Å². The maximum absolute atomic E-state index is 11.1. The van der Waals surface area contributed by atoms with E-state index in [1.807, 2.05) is 0 Å². The zero-order valence-electron chi connectivity index (χ0n) is 15.4. The van der Waals surface area contributed by atoms with Crippen LogP contribution in [0.25, 0.3) is 0 Å². The Morgan fingerprint density at radius 3 is 2.52 bits per heavy atom. The molecule has 1 aliphatic carbocycles. The lowest BCUT2D eigenvalue weighted by molar-refractivity contribution is -0.142. The molecule has 1 atom stereocenters. The molecule has 0 amide bonds. The van der Waals surface area contributed by atoms with Crippen LogP contribution in [0, 0.1) is 5.92 Å². The summed E-state index contributed by atoms with van der Waals surface area (Å²) in [4.78, 5) is 13.7. The van der Waals surface area contributed by atoms with Gasteiger partial charge in [-0.25, -0.2) is 0 Å². The van der Waals surface area contributed by atoms with Crippen molar-refractivity contribution in [2.45, 2.75) is 77.0 Å². The minimum absolute atomic E-state index is 0.133. The second kappa shape index (κ2) is 8.81. The number of hydrogen-bond donors (Lipinski definition) is 2. The van der Waals surface area contributed by atoms with E-state index in [-0.39, 0.29) is 5.92 Å². The molecule has 1 aliphatic heterocycles. The first-order valence-corrected chi connectivity index (χ1v) is 9.90. The summed E-state index contributed by atoms with van der Waals surface area (Å²) in [6.45, 7) is 5.49. The molecule has 1 saturated carbocycles. The van der Waals surface area contributed by atoms with E-state index in [0.717, 1.165) is 38.8 Å². The first-order chi connectivity index (χ1) is 12.1. The smallest absolute Gasteiger partial charge is 0.306 e. The van der Waals surface area contributed by atoms with E-state index in [1.54, 1.807) is 0 Å². The first kappa shape index (κ1) is 18.4. The van der Waals surface area contributed by atoms with Gasteiger partial charge in [0.2, 0.25) is 0 Å². The molecular weight excluding hydrogens is 312 g/mol. The molecule has 4 nitrogen and oxygen atoms in total. The second-order valence-electron chi connectivity index (χ2n) is 7.85. The molecule has 1 aromatic rings. The van der Waals surface area contributed by atoms with Gasteiger partial charge in [-0.3, -0.25) is 9.69 Å². The van der Waals surface area contributed by atoms with Crippen molar-refractivity contribution in [3.05, 3.63) is 35.4 Å². The summed E-state index contributed by atoms with van der Waals surface area (Å²) in [6, 6.07) is 9.91. The number of hydrogen-bond acceptors (Lipinski definition) is 3. The number of benzene rings is 1. The summed E-state index contributed by atoms with van der Waals surface area (Å²) in [5.41, 5.74) is 2.82. The zero-order chi connectivity index (χ0) is 17.6. The van der Waals surface area contributed by atoms with Crippen molar-refractivity contribution < 1.29 is 9.90 Å². The van der Waals surface area contributed by atoms with Gasteiger partial charge in [-0.1, -0.05) is 30.7 Å². The van der Waals surface area contributed by atoms with Crippen LogP contribution in [0.3, 0.4) is 0 Å². The van der Waals surface area contributed by atoms with Crippen LogP contribution in [0.1, 0.15) is 63.0 Å². The Balaban J connectivity index is 1.53. The number of nitrogens with one attached hydrogen (secondary N) is 1. The van der Waals surface area contributed by atoms with Crippen molar-refractivity contribution in [1.29, 1.82) is 0 Å². The fourth-order valence-corrected chi connectivity index (χ4v) is 4.29. The van der Waals surface area contributed by atoms with Crippen LogP contribution in [0.2, 0.25) is 0 Å². The standard InChI is InChI=1S/C21H32N2O2/c1-16-6-4-5-13-23(16)15-19-8-3-2-7-18(19)14-22-20-11-9-17(10-12-20)21(24)25/h2-3,7-8,16-17,20,22H,4-6,9-15H2,1H3,(H,24,25). The van der Waals surface area contributed by atoms with Gasteiger partial charge in [0, 0.05) is 25.2 Å². The number of carboxylic acids is 1. The number of carboxylic acid groups (broad SMARTS) is 1. The van der Waals surface area contributed by atoms with Crippen molar-refractivity contribution in [2.24, 2.45) is 5.92 Å². The molecule has 4 heteroatoms. The van der Waals surface area contributed by atoms with Crippen molar-refractivity contribution in [2.75, 3.05) is 6.54 Å². The number of aliphatic carboxylic acids is 1. The maximum Gasteiger partial charge on any atom is 0.306 e. The van der Waals surface area contributed by atoms with Gasteiger partial charge in [0.1, 0.15) is 0 Å². The summed E-state index contributed by atoms with van der Waals surface area (Å²) >= 11 is 0. The molecule has 1 heterocycles. The minimum atomic E-state index is -0.626. The molecule has 3 rings (SSSR count). The lowest BCUT2D eigenvalue weighted by Crippen LogP contribution is -2.37. The lowest BCUT2D eigenvalue weighted by atomic mass is 9.86. The van der Waals surface area contributed by atoms with E-state index >= 15 is 0 Å². The third-order valence-electron chi connectivity index (χ3n) is 6.09. The highest BCUT2D eigenvalue weighted by atomic mass is 16.4. The molecule has 138 valence electrons. The number of rotatable bonds is 6. The summed E-state index contributed by atoms with van der Waals surface area (Å²) in [6.07, 6.45) is 7.55. The molecule has 2 N–H and O–H groups in total. The molecule has 1 unspecified atom stereocenters. The molecule has 0 spiro atoms. The van der Waals surface area contributed by atoms with Crippen LogP contribution in [-0.4, -0.2) is 34.6 Å². The van der Waals surface area contributed by atoms with Gasteiger partial charge in [-0.05, 0) is 63.1 Å². The van der Waals surface area contributed by atoms with Crippen LogP contribution in [0.5, 0.6) is 0 Å². The Hall–Kier alpha value is -1.39. The highest BCUT2D eigenvalue weighted by molar-refractivity contribution is 5.70. The van der Waals surface area contributed by atoms with Gasteiger partial charge >= 0.3 is 5.97 Å². The van der Waals surface area contributed by atoms with Crippen LogP contribution < -0.4 is 5.32 Å². The van der Waals surface area contributed by atoms with Crippen LogP contribution in [0.15, 0.2) is 24.3 Å². The van der Waals surface area contributed by atoms with Gasteiger partial charge < -0.3 is 10.4 Å². The third kappa shape index (κ3) is 5.05. The fourth-order valence-electron chi connectivity index (χ4n) is 4.29. The normalized spacial score (nSPS) is 28.0. The van der Waals surface area contributed by atoms with Gasteiger partial charge in [-0.2, -0.15) is 0 Å². The fraction of sp³-hybridized carbons (Fsp3) is 0.667. The van der Waals surface area contributed by atoms with Crippen molar-refractivity contribution in [1.82, 2.24) is 10.2 Å². The van der Waals surface area contributed by atoms with Gasteiger partial charge in [0.15, 0.2) is 0 Å². The van der Waals surface area contributed by atoms with Crippen LogP contribution in [-0.2, 0) is 17.9 Å². The largest absolute Gasteiger partial charge is 0.481 e. The van der Waals surface area contributed by atoms with E-state index in [2.05, 4.69) is 41.4 Å². The highest BCUT2D eigenvalue weighted by Gasteiger charge is 2.25. The molecule has 0 bridgehead atoms. The minimum Gasteiger partial charge on any atom is -0.481 e. The Morgan fingerprint density at radius 2 is 1.84 bits per heavy atom. The summed E-state index contributed by atoms with van der Waals surface area (Å²) in [7, 11) is 0. The Bertz CT molecular complexity index is 567. The van der Waals surface area contributed by atoms with Gasteiger partial charge in [0.25, 0.3) is 0 Å². The van der Waals surface area contributed by atoms with Gasteiger partial charge in [0.05, 0.1) is 5.92 Å². The monoisotopic (exact) mass is 344 g/mol. The van der Waals surface area contributed by atoms with E-state index in [0.29, 0.717) is 12.1 Å². The first-order valence-electron chi connectivity index (χ1n) is 9.90. The quantitative estimate of drug-likeness (QED) is 0.824. The molecule has 0 aromatic heterocycles. The second-order valence-corrected chi connectivity index (χ2v) is 7.85. The average molecular weight is 344 g/mol. The van der Waals surface area contributed by atoms with Crippen molar-refractivity contribution in [3.8, 4) is 0 Å². The molecule has 1 aromatic carbocycles. The van der Waals surface area contributed by atoms with Crippen LogP contribution >= 0.6 is 0 Å². The third-order valence-corrected chi connectivity index (χ3v) is 6.09. The molecule has 2 fully saturated rings. The summed E-state index contributed by atoms with van der Waals surface area (Å²) in [5, 5.41) is 12.8. The number of piperidine rings is 1. The molecular formula is C21H32N2O2. The topological polar surface area (TPSA) is 52.6 Å². The zero-order valence-corrected chi connectivity index (χ0v) is 15.4. The Labute approximate surface area is 151 Å². The van der Waals surface area contributed by atoms with E-state index in [4.69, 9.17) is 5.11 Å². The predicted octanol–water partition coefficient (Wildman–Crippen LogP) is 3.79. The maximum atomic E-state index is 11.1. The van der Waals surface area contributed by atoms with E-state index in [9.17, 15) is 4.79 Å². The van der Waals surface area contributed by atoms with Gasteiger partial charge in [-0.15, -0.1) is 0 Å². The van der Waals surface area contributed by atoms with Crippen molar-refractivity contribution >= 4 is 5.97 Å². The summed E-state index contributed by atoms with van der Waals surface area (Å²) in [5.74, 6) is -0.759. The highest BCUT2D eigenvalue weighted by Crippen LogP contribution is 2.25. The predicted molar refractivity (Wildman–Crippen MR) is 100 cm³/mol. The Kier molecular flexibility index (Phi) is 6.49.